The standard InChI is InChI=1S/C38H46N8O7S/c1-21(2)30(43-36(50)52-6)34(48)45-17-7-9-27(45)31-39-20-26(41-31)22-11-13-23(14-12-22)33-42-25-16-15-24(19-29(25)54-33)40-35(49)44-32(47)28-10-8-18-46(28)37(51)53-38(3,4)5/h11-16,19-21,27-28,30H,7-10,17-18H2,1-6H3,(H,39,41)(H,43,50)(H2,40,44,47,49). The van der Waals surface area contributed by atoms with Crippen LogP contribution in [0.5, 0.6) is 0 Å². The zero-order chi connectivity index (χ0) is 38.7. The number of H-pyrrole nitrogens is 1. The van der Waals surface area contributed by atoms with Crippen molar-refractivity contribution in [3.63, 3.8) is 0 Å². The fraction of sp³-hybridized carbons (Fsp3) is 0.447. The minimum Gasteiger partial charge on any atom is -0.453 e. The number of hydrogen-bond donors (Lipinski definition) is 4. The van der Waals surface area contributed by atoms with Crippen molar-refractivity contribution in [3.8, 4) is 21.8 Å². The predicted octanol–water partition coefficient (Wildman–Crippen LogP) is 6.45. The van der Waals surface area contributed by atoms with E-state index in [9.17, 15) is 24.0 Å². The van der Waals surface area contributed by atoms with Crippen LogP contribution < -0.4 is 16.0 Å². The SMILES string of the molecule is COC(=O)NC(C(=O)N1CCCC1c1ncc(-c2ccc(-c3nc4ccc(NC(=O)NC(=O)C5CCCN5C(=O)OC(C)(C)C)cc4s3)cc2)[nH]1)C(C)C. The maximum Gasteiger partial charge on any atom is 0.410 e. The van der Waals surface area contributed by atoms with Crippen molar-refractivity contribution in [2.24, 2.45) is 5.92 Å². The van der Waals surface area contributed by atoms with Crippen LogP contribution in [0.1, 0.15) is 72.2 Å². The molecule has 2 aromatic heterocycles. The molecule has 54 heavy (non-hydrogen) atoms. The fourth-order valence-electron chi connectivity index (χ4n) is 6.70. The van der Waals surface area contributed by atoms with Gasteiger partial charge in [0.1, 0.15) is 28.5 Å². The number of anilines is 1. The van der Waals surface area contributed by atoms with Gasteiger partial charge in [-0.2, -0.15) is 0 Å². The highest BCUT2D eigenvalue weighted by Crippen LogP contribution is 2.35. The van der Waals surface area contributed by atoms with Crippen LogP contribution in [0.25, 0.3) is 32.0 Å². The van der Waals surface area contributed by atoms with E-state index in [1.165, 1.54) is 23.3 Å². The van der Waals surface area contributed by atoms with Crippen LogP contribution in [-0.4, -0.2) is 92.7 Å². The normalized spacial score (nSPS) is 17.8. The number of imidazole rings is 1. The Morgan fingerprint density at radius 1 is 0.963 bits per heavy atom. The van der Waals surface area contributed by atoms with Crippen molar-refractivity contribution in [1.82, 2.24) is 35.4 Å². The van der Waals surface area contributed by atoms with Gasteiger partial charge in [0.2, 0.25) is 5.91 Å². The quantitative estimate of drug-likeness (QED) is 0.157. The molecule has 3 unspecified atom stereocenters. The van der Waals surface area contributed by atoms with Crippen LogP contribution in [-0.2, 0) is 19.1 Å². The summed E-state index contributed by atoms with van der Waals surface area (Å²) in [5.74, 6) is -0.156. The smallest absolute Gasteiger partial charge is 0.410 e. The molecule has 2 aromatic carbocycles. The molecular weight excluding hydrogens is 713 g/mol. The molecule has 2 saturated heterocycles. The Morgan fingerprint density at radius 2 is 1.67 bits per heavy atom. The van der Waals surface area contributed by atoms with E-state index >= 15 is 0 Å². The summed E-state index contributed by atoms with van der Waals surface area (Å²) in [6.45, 7) is 10.0. The summed E-state index contributed by atoms with van der Waals surface area (Å²) in [4.78, 5) is 79.7. The summed E-state index contributed by atoms with van der Waals surface area (Å²) < 4.78 is 11.0. The molecule has 0 spiro atoms. The van der Waals surface area contributed by atoms with Crippen molar-refractivity contribution in [1.29, 1.82) is 0 Å². The third kappa shape index (κ3) is 8.65. The summed E-state index contributed by atoms with van der Waals surface area (Å²) in [7, 11) is 1.28. The minimum absolute atomic E-state index is 0.121. The lowest BCUT2D eigenvalue weighted by Gasteiger charge is -2.30. The lowest BCUT2D eigenvalue weighted by Crippen LogP contribution is -2.51. The highest BCUT2D eigenvalue weighted by atomic mass is 32.1. The van der Waals surface area contributed by atoms with Crippen molar-refractivity contribution in [2.45, 2.75) is 84.0 Å². The number of benzene rings is 2. The summed E-state index contributed by atoms with van der Waals surface area (Å²) >= 11 is 1.47. The number of nitrogens with one attached hydrogen (secondary N) is 4. The van der Waals surface area contributed by atoms with Crippen LogP contribution >= 0.6 is 11.3 Å². The number of alkyl carbamates (subject to hydrolysis) is 1. The van der Waals surface area contributed by atoms with Gasteiger partial charge >= 0.3 is 18.2 Å². The van der Waals surface area contributed by atoms with Gasteiger partial charge in [-0.25, -0.2) is 24.4 Å². The van der Waals surface area contributed by atoms with Crippen LogP contribution in [0.2, 0.25) is 0 Å². The van der Waals surface area contributed by atoms with E-state index < -0.39 is 41.8 Å². The summed E-state index contributed by atoms with van der Waals surface area (Å²) in [5.41, 5.74) is 3.19. The second kappa shape index (κ2) is 15.8. The molecule has 0 bridgehead atoms. The second-order valence-corrected chi connectivity index (χ2v) is 15.8. The Bertz CT molecular complexity index is 2040. The molecule has 2 aliphatic heterocycles. The zero-order valence-electron chi connectivity index (χ0n) is 31.2. The first kappa shape index (κ1) is 38.2. The maximum absolute atomic E-state index is 13.5. The third-order valence-corrected chi connectivity index (χ3v) is 10.4. The summed E-state index contributed by atoms with van der Waals surface area (Å²) in [6.07, 6.45) is 3.21. The van der Waals surface area contributed by atoms with Gasteiger partial charge in [-0.15, -0.1) is 11.3 Å². The van der Waals surface area contributed by atoms with Crippen LogP contribution in [0.15, 0.2) is 48.7 Å². The zero-order valence-corrected chi connectivity index (χ0v) is 32.0. The monoisotopic (exact) mass is 758 g/mol. The maximum atomic E-state index is 13.5. The Morgan fingerprint density at radius 3 is 2.37 bits per heavy atom. The number of urea groups is 1. The molecule has 6 rings (SSSR count). The van der Waals surface area contributed by atoms with E-state index in [-0.39, 0.29) is 17.9 Å². The number of ether oxygens (including phenoxy) is 2. The van der Waals surface area contributed by atoms with E-state index in [0.717, 1.165) is 44.9 Å². The van der Waals surface area contributed by atoms with Gasteiger partial charge in [-0.1, -0.05) is 38.1 Å². The van der Waals surface area contributed by atoms with Gasteiger partial charge in [-0.3, -0.25) is 19.8 Å². The summed E-state index contributed by atoms with van der Waals surface area (Å²) in [6, 6.07) is 10.8. The topological polar surface area (TPSA) is 188 Å². The van der Waals surface area contributed by atoms with Gasteiger partial charge < -0.3 is 30.0 Å². The molecule has 4 N–H and O–H groups in total. The molecule has 6 amide bonds. The molecule has 286 valence electrons. The van der Waals surface area contributed by atoms with E-state index in [2.05, 4.69) is 25.9 Å². The van der Waals surface area contributed by atoms with Crippen molar-refractivity contribution >= 4 is 57.3 Å². The highest BCUT2D eigenvalue weighted by molar-refractivity contribution is 7.21. The molecule has 0 saturated carbocycles. The number of imide groups is 1. The van der Waals surface area contributed by atoms with Gasteiger partial charge in [0.25, 0.3) is 5.91 Å². The number of amides is 6. The van der Waals surface area contributed by atoms with E-state index in [4.69, 9.17) is 14.5 Å². The first-order valence-electron chi connectivity index (χ1n) is 18.0. The lowest BCUT2D eigenvalue weighted by molar-refractivity contribution is -0.135. The van der Waals surface area contributed by atoms with Crippen LogP contribution in [0, 0.1) is 5.92 Å². The van der Waals surface area contributed by atoms with Gasteiger partial charge in [0.15, 0.2) is 0 Å². The number of hydrogen-bond acceptors (Lipinski definition) is 10. The number of carbonyl (C=O) groups excluding carboxylic acids is 5. The first-order chi connectivity index (χ1) is 25.7. The number of aromatic nitrogens is 3. The Balaban J connectivity index is 1.08. The predicted molar refractivity (Wildman–Crippen MR) is 204 cm³/mol. The number of methoxy groups -OCH3 is 1. The molecule has 0 radical (unpaired) electrons. The Hall–Kier alpha value is -5.51. The number of rotatable bonds is 8. The van der Waals surface area contributed by atoms with Gasteiger partial charge in [0, 0.05) is 24.3 Å². The third-order valence-electron chi connectivity index (χ3n) is 9.35. The molecule has 16 heteroatoms. The molecule has 2 fully saturated rings. The molecular formula is C38H46N8O7S. The first-order valence-corrected chi connectivity index (χ1v) is 18.8. The van der Waals surface area contributed by atoms with E-state index in [0.29, 0.717) is 37.4 Å². The largest absolute Gasteiger partial charge is 0.453 e. The Kier molecular flexibility index (Phi) is 11.2. The lowest BCUT2D eigenvalue weighted by atomic mass is 10.0. The second-order valence-electron chi connectivity index (χ2n) is 14.8. The number of likely N-dealkylation sites (tertiary alicyclic amines) is 2. The van der Waals surface area contributed by atoms with E-state index in [1.807, 2.05) is 38.1 Å². The molecule has 2 aliphatic rings. The average molecular weight is 759 g/mol. The number of thiazole rings is 1. The van der Waals surface area contributed by atoms with Gasteiger partial charge in [0.05, 0.1) is 35.3 Å². The van der Waals surface area contributed by atoms with Gasteiger partial charge in [-0.05, 0) is 76.1 Å². The van der Waals surface area contributed by atoms with Crippen LogP contribution in [0.3, 0.4) is 0 Å². The number of nitrogens with zero attached hydrogens (tertiary/aromatic N) is 4. The molecule has 4 heterocycles. The fourth-order valence-corrected chi connectivity index (χ4v) is 7.71. The average Bonchev–Trinajstić information content (AvgIpc) is 3.95. The van der Waals surface area contributed by atoms with Crippen molar-refractivity contribution in [3.05, 3.63) is 54.5 Å². The molecule has 3 atom stereocenters. The molecule has 15 nitrogen and oxygen atoms in total. The van der Waals surface area contributed by atoms with Crippen molar-refractivity contribution in [2.75, 3.05) is 25.5 Å². The number of carbonyl (C=O) groups is 5. The number of fused-ring (bicyclic) bond motifs is 1. The van der Waals surface area contributed by atoms with E-state index in [1.54, 1.807) is 50.1 Å². The minimum atomic E-state index is -0.784. The highest BCUT2D eigenvalue weighted by Gasteiger charge is 2.38. The molecule has 0 aliphatic carbocycles. The summed E-state index contributed by atoms with van der Waals surface area (Å²) in [5, 5.41) is 8.55. The van der Waals surface area contributed by atoms with Crippen molar-refractivity contribution < 1.29 is 33.4 Å². The van der Waals surface area contributed by atoms with Crippen LogP contribution in [0.4, 0.5) is 20.1 Å². The Labute approximate surface area is 317 Å². The number of aromatic amines is 1. The molecule has 4 aromatic rings.